The Bertz CT molecular complexity index is 628. The summed E-state index contributed by atoms with van der Waals surface area (Å²) in [6, 6.07) is 13.9. The van der Waals surface area contributed by atoms with E-state index in [4.69, 9.17) is 0 Å². The van der Waals surface area contributed by atoms with Crippen molar-refractivity contribution in [2.75, 3.05) is 0 Å². The van der Waals surface area contributed by atoms with Crippen molar-refractivity contribution in [3.63, 3.8) is 0 Å². The molecule has 2 aromatic rings. The maximum absolute atomic E-state index is 12.5. The molecule has 0 heterocycles. The molecule has 0 radical (unpaired) electrons. The van der Waals surface area contributed by atoms with Gasteiger partial charge in [0.25, 0.3) is 0 Å². The Balaban J connectivity index is 2.38. The summed E-state index contributed by atoms with van der Waals surface area (Å²) in [5.74, 6) is 0.1000. The number of hydrogen-bond acceptors (Lipinski definition) is 1. The summed E-state index contributed by atoms with van der Waals surface area (Å²) in [6.45, 7) is 10.6. The quantitative estimate of drug-likeness (QED) is 0.711. The zero-order chi connectivity index (χ0) is 14.9. The minimum atomic E-state index is 0.1000. The summed E-state index contributed by atoms with van der Waals surface area (Å²) in [5, 5.41) is 0. The molecule has 0 atom stereocenters. The van der Waals surface area contributed by atoms with Crippen molar-refractivity contribution in [3.05, 3.63) is 70.3 Å². The van der Waals surface area contributed by atoms with Crippen LogP contribution in [-0.2, 0) is 5.41 Å². The van der Waals surface area contributed by atoms with Crippen molar-refractivity contribution < 1.29 is 4.79 Å². The van der Waals surface area contributed by atoms with Crippen LogP contribution in [0.15, 0.2) is 42.5 Å². The monoisotopic (exact) mass is 266 g/mol. The minimum Gasteiger partial charge on any atom is -0.289 e. The summed E-state index contributed by atoms with van der Waals surface area (Å²) < 4.78 is 0. The number of benzene rings is 2. The van der Waals surface area contributed by atoms with Crippen LogP contribution in [0.5, 0.6) is 0 Å². The van der Waals surface area contributed by atoms with Crippen molar-refractivity contribution in [2.45, 2.75) is 40.0 Å². The second kappa shape index (κ2) is 5.24. The topological polar surface area (TPSA) is 17.1 Å². The van der Waals surface area contributed by atoms with Crippen LogP contribution >= 0.6 is 0 Å². The van der Waals surface area contributed by atoms with Gasteiger partial charge in [0.1, 0.15) is 0 Å². The molecule has 0 aliphatic rings. The third-order valence-electron chi connectivity index (χ3n) is 3.65. The van der Waals surface area contributed by atoms with Gasteiger partial charge in [-0.05, 0) is 30.4 Å². The van der Waals surface area contributed by atoms with E-state index < -0.39 is 0 Å². The van der Waals surface area contributed by atoms with E-state index in [1.165, 1.54) is 11.1 Å². The molecule has 0 saturated heterocycles. The van der Waals surface area contributed by atoms with Gasteiger partial charge in [0, 0.05) is 11.1 Å². The fraction of sp³-hybridized carbons (Fsp3) is 0.316. The van der Waals surface area contributed by atoms with Crippen molar-refractivity contribution in [2.24, 2.45) is 0 Å². The summed E-state index contributed by atoms with van der Waals surface area (Å²) in [4.78, 5) is 12.5. The molecule has 1 nitrogen and oxygen atoms in total. The first kappa shape index (κ1) is 14.5. The summed E-state index contributed by atoms with van der Waals surface area (Å²) in [5.41, 5.74) is 5.12. The maximum Gasteiger partial charge on any atom is 0.193 e. The second-order valence-corrected chi connectivity index (χ2v) is 6.47. The number of rotatable bonds is 2. The standard InChI is InChI=1S/C19H22O/c1-13-6-8-15(9-7-13)18(20)17-11-10-16(12-14(17)2)19(3,4)5/h6-12H,1-5H3. The zero-order valence-electron chi connectivity index (χ0n) is 12.9. The first-order chi connectivity index (χ1) is 9.29. The van der Waals surface area contributed by atoms with Crippen LogP contribution in [0.3, 0.4) is 0 Å². The lowest BCUT2D eigenvalue weighted by Gasteiger charge is -2.20. The smallest absolute Gasteiger partial charge is 0.193 e. The molecule has 0 aliphatic heterocycles. The molecular weight excluding hydrogens is 244 g/mol. The van der Waals surface area contributed by atoms with Crippen molar-refractivity contribution in [1.82, 2.24) is 0 Å². The Labute approximate surface area is 121 Å². The molecule has 0 saturated carbocycles. The molecule has 2 rings (SSSR count). The Morgan fingerprint density at radius 1 is 0.900 bits per heavy atom. The highest BCUT2D eigenvalue weighted by Crippen LogP contribution is 2.25. The minimum absolute atomic E-state index is 0.1000. The van der Waals surface area contributed by atoms with Gasteiger partial charge in [-0.1, -0.05) is 68.8 Å². The van der Waals surface area contributed by atoms with Gasteiger partial charge in [0.05, 0.1) is 0 Å². The van der Waals surface area contributed by atoms with E-state index in [0.717, 1.165) is 16.7 Å². The largest absolute Gasteiger partial charge is 0.289 e. The van der Waals surface area contributed by atoms with Gasteiger partial charge in [0.2, 0.25) is 0 Å². The van der Waals surface area contributed by atoms with Gasteiger partial charge >= 0.3 is 0 Å². The molecule has 0 N–H and O–H groups in total. The molecule has 20 heavy (non-hydrogen) atoms. The Kier molecular flexibility index (Phi) is 3.80. The summed E-state index contributed by atoms with van der Waals surface area (Å²) >= 11 is 0. The van der Waals surface area contributed by atoms with E-state index in [1.54, 1.807) is 0 Å². The van der Waals surface area contributed by atoms with Gasteiger partial charge in [0.15, 0.2) is 5.78 Å². The summed E-state index contributed by atoms with van der Waals surface area (Å²) in [7, 11) is 0. The van der Waals surface area contributed by atoms with Crippen LogP contribution < -0.4 is 0 Å². The Morgan fingerprint density at radius 2 is 1.50 bits per heavy atom. The third kappa shape index (κ3) is 2.98. The summed E-state index contributed by atoms with van der Waals surface area (Å²) in [6.07, 6.45) is 0. The van der Waals surface area contributed by atoms with E-state index in [9.17, 15) is 4.79 Å². The average Bonchev–Trinajstić information content (AvgIpc) is 2.37. The van der Waals surface area contributed by atoms with Crippen LogP contribution in [0.2, 0.25) is 0 Å². The van der Waals surface area contributed by atoms with Crippen molar-refractivity contribution in [1.29, 1.82) is 0 Å². The maximum atomic E-state index is 12.5. The lowest BCUT2D eigenvalue weighted by Crippen LogP contribution is -2.12. The number of aryl methyl sites for hydroxylation is 2. The SMILES string of the molecule is Cc1ccc(C(=O)c2ccc(C(C)(C)C)cc2C)cc1. The molecule has 0 aromatic heterocycles. The van der Waals surface area contributed by atoms with Crippen molar-refractivity contribution >= 4 is 5.78 Å². The average molecular weight is 266 g/mol. The molecule has 104 valence electrons. The van der Waals surface area contributed by atoms with E-state index in [2.05, 4.69) is 32.9 Å². The molecular formula is C19H22O. The van der Waals surface area contributed by atoms with Crippen molar-refractivity contribution in [3.8, 4) is 0 Å². The molecule has 0 aliphatic carbocycles. The van der Waals surface area contributed by atoms with Gasteiger partial charge in [-0.25, -0.2) is 0 Å². The van der Waals surface area contributed by atoms with Crippen LogP contribution in [0.4, 0.5) is 0 Å². The highest BCUT2D eigenvalue weighted by molar-refractivity contribution is 6.09. The van der Waals surface area contributed by atoms with Gasteiger partial charge in [-0.15, -0.1) is 0 Å². The van der Waals surface area contributed by atoms with E-state index in [-0.39, 0.29) is 11.2 Å². The molecule has 2 aromatic carbocycles. The molecule has 0 bridgehead atoms. The number of ketones is 1. The zero-order valence-corrected chi connectivity index (χ0v) is 12.9. The normalized spacial score (nSPS) is 11.4. The van der Waals surface area contributed by atoms with Crippen LogP contribution in [0, 0.1) is 13.8 Å². The molecule has 0 fully saturated rings. The van der Waals surface area contributed by atoms with Gasteiger partial charge in [-0.2, -0.15) is 0 Å². The lowest BCUT2D eigenvalue weighted by molar-refractivity contribution is 0.103. The number of hydrogen-bond donors (Lipinski definition) is 0. The number of carbonyl (C=O) groups excluding carboxylic acids is 1. The Hall–Kier alpha value is -1.89. The fourth-order valence-electron chi connectivity index (χ4n) is 2.25. The highest BCUT2D eigenvalue weighted by Gasteiger charge is 2.17. The lowest BCUT2D eigenvalue weighted by atomic mass is 9.84. The highest BCUT2D eigenvalue weighted by atomic mass is 16.1. The second-order valence-electron chi connectivity index (χ2n) is 6.47. The first-order valence-electron chi connectivity index (χ1n) is 7.01. The molecule has 0 spiro atoms. The van der Waals surface area contributed by atoms with Crippen LogP contribution in [-0.4, -0.2) is 5.78 Å². The predicted octanol–water partition coefficient (Wildman–Crippen LogP) is 4.83. The van der Waals surface area contributed by atoms with E-state index in [1.807, 2.05) is 44.2 Å². The van der Waals surface area contributed by atoms with Crippen LogP contribution in [0.1, 0.15) is 53.4 Å². The molecule has 0 amide bonds. The van der Waals surface area contributed by atoms with Gasteiger partial charge < -0.3 is 0 Å². The molecule has 1 heteroatoms. The number of carbonyl (C=O) groups is 1. The van der Waals surface area contributed by atoms with Crippen LogP contribution in [0.25, 0.3) is 0 Å². The fourth-order valence-corrected chi connectivity index (χ4v) is 2.25. The first-order valence-corrected chi connectivity index (χ1v) is 7.01. The van der Waals surface area contributed by atoms with Gasteiger partial charge in [-0.3, -0.25) is 4.79 Å². The molecule has 0 unspecified atom stereocenters. The Morgan fingerprint density at radius 3 is 2.00 bits per heavy atom. The van der Waals surface area contributed by atoms with E-state index in [0.29, 0.717) is 0 Å². The van der Waals surface area contributed by atoms with E-state index >= 15 is 0 Å². The third-order valence-corrected chi connectivity index (χ3v) is 3.65. The predicted molar refractivity (Wildman–Crippen MR) is 84.5 cm³/mol.